The lowest BCUT2D eigenvalue weighted by atomic mass is 10.1. The standard InChI is InChI=1S/C21H25Cl2N3.ClH/c1-5-25(6-2)20-12-18-14(10-16(20)22)9-15-11-17(23)21(13-19(15)24-18)26(7-3)8-4;/h9-13H,5-8H2,1-4H3;1H. The van der Waals surface area contributed by atoms with Crippen LogP contribution in [-0.2, 0) is 0 Å². The summed E-state index contributed by atoms with van der Waals surface area (Å²) in [4.78, 5) is 9.41. The summed E-state index contributed by atoms with van der Waals surface area (Å²) < 4.78 is 0. The number of hydrogen-bond donors (Lipinski definition) is 0. The van der Waals surface area contributed by atoms with E-state index in [4.69, 9.17) is 28.2 Å². The van der Waals surface area contributed by atoms with Crippen molar-refractivity contribution >= 4 is 68.8 Å². The maximum Gasteiger partial charge on any atom is 0.0731 e. The van der Waals surface area contributed by atoms with E-state index in [1.165, 1.54) is 0 Å². The molecular formula is C21H26Cl3N3. The first kappa shape index (κ1) is 21.9. The average molecular weight is 427 g/mol. The summed E-state index contributed by atoms with van der Waals surface area (Å²) in [6.45, 7) is 12.2. The molecule has 0 atom stereocenters. The predicted molar refractivity (Wildman–Crippen MR) is 124 cm³/mol. The Labute approximate surface area is 177 Å². The van der Waals surface area contributed by atoms with Gasteiger partial charge in [0, 0.05) is 37.0 Å². The van der Waals surface area contributed by atoms with E-state index in [-0.39, 0.29) is 12.4 Å². The molecule has 0 N–H and O–H groups in total. The highest BCUT2D eigenvalue weighted by Crippen LogP contribution is 2.35. The van der Waals surface area contributed by atoms with Crippen molar-refractivity contribution in [3.8, 4) is 0 Å². The molecule has 0 aliphatic heterocycles. The third-order valence-corrected chi connectivity index (χ3v) is 5.56. The zero-order chi connectivity index (χ0) is 18.8. The zero-order valence-electron chi connectivity index (χ0n) is 16.2. The van der Waals surface area contributed by atoms with E-state index in [1.807, 2.05) is 12.1 Å². The normalized spacial score (nSPS) is 10.9. The Morgan fingerprint density at radius 1 is 0.667 bits per heavy atom. The highest BCUT2D eigenvalue weighted by molar-refractivity contribution is 6.35. The molecule has 6 heteroatoms. The van der Waals surface area contributed by atoms with Crippen LogP contribution in [0.4, 0.5) is 11.4 Å². The average Bonchev–Trinajstić information content (AvgIpc) is 2.63. The third-order valence-electron chi connectivity index (χ3n) is 4.95. The van der Waals surface area contributed by atoms with Gasteiger partial charge in [-0.25, -0.2) is 4.98 Å². The van der Waals surface area contributed by atoms with E-state index in [2.05, 4.69) is 55.7 Å². The maximum absolute atomic E-state index is 6.54. The van der Waals surface area contributed by atoms with Gasteiger partial charge >= 0.3 is 0 Å². The molecule has 0 saturated heterocycles. The van der Waals surface area contributed by atoms with Crippen LogP contribution in [0, 0.1) is 0 Å². The number of fused-ring (bicyclic) bond motifs is 2. The van der Waals surface area contributed by atoms with Crippen LogP contribution in [0.15, 0.2) is 30.3 Å². The van der Waals surface area contributed by atoms with Crippen molar-refractivity contribution in [2.24, 2.45) is 0 Å². The molecule has 1 aromatic heterocycles. The largest absolute Gasteiger partial charge is 0.371 e. The number of nitrogens with zero attached hydrogens (tertiary/aromatic N) is 3. The molecule has 0 saturated carbocycles. The van der Waals surface area contributed by atoms with Gasteiger partial charge in [0.15, 0.2) is 0 Å². The molecule has 0 aliphatic rings. The fraction of sp³-hybridized carbons (Fsp3) is 0.381. The van der Waals surface area contributed by atoms with Gasteiger partial charge in [0.05, 0.1) is 32.5 Å². The SMILES string of the molecule is CCN(CC)c1cc2nc3cc(N(CC)CC)c(Cl)cc3cc2cc1Cl.Cl. The van der Waals surface area contributed by atoms with Crippen molar-refractivity contribution in [3.63, 3.8) is 0 Å². The van der Waals surface area contributed by atoms with Crippen molar-refractivity contribution in [3.05, 3.63) is 40.4 Å². The summed E-state index contributed by atoms with van der Waals surface area (Å²) in [7, 11) is 0. The predicted octanol–water partition coefficient (Wildman–Crippen LogP) is 6.81. The molecule has 2 aromatic carbocycles. The highest BCUT2D eigenvalue weighted by atomic mass is 35.5. The van der Waals surface area contributed by atoms with Gasteiger partial charge in [-0.2, -0.15) is 0 Å². The van der Waals surface area contributed by atoms with E-state index in [9.17, 15) is 0 Å². The Hall–Kier alpha value is -1.42. The van der Waals surface area contributed by atoms with Gasteiger partial charge in [0.1, 0.15) is 0 Å². The number of halogens is 3. The van der Waals surface area contributed by atoms with Crippen molar-refractivity contribution in [1.29, 1.82) is 0 Å². The Morgan fingerprint density at radius 2 is 1.04 bits per heavy atom. The van der Waals surface area contributed by atoms with Gasteiger partial charge in [0.25, 0.3) is 0 Å². The fourth-order valence-electron chi connectivity index (χ4n) is 3.47. The second-order valence-corrected chi connectivity index (χ2v) is 7.14. The van der Waals surface area contributed by atoms with E-state index in [0.717, 1.165) is 69.4 Å². The first-order chi connectivity index (χ1) is 12.5. The molecule has 0 unspecified atom stereocenters. The number of aromatic nitrogens is 1. The number of rotatable bonds is 6. The van der Waals surface area contributed by atoms with Gasteiger partial charge < -0.3 is 9.80 Å². The Kier molecular flexibility index (Phi) is 7.44. The van der Waals surface area contributed by atoms with Crippen LogP contribution in [0.25, 0.3) is 21.8 Å². The first-order valence-electron chi connectivity index (χ1n) is 9.25. The maximum atomic E-state index is 6.54. The minimum atomic E-state index is 0. The lowest BCUT2D eigenvalue weighted by molar-refractivity contribution is 0.867. The number of hydrogen-bond acceptors (Lipinski definition) is 3. The van der Waals surface area contributed by atoms with E-state index < -0.39 is 0 Å². The van der Waals surface area contributed by atoms with Crippen LogP contribution in [0.2, 0.25) is 10.0 Å². The summed E-state index contributed by atoms with van der Waals surface area (Å²) in [5.41, 5.74) is 3.98. The smallest absolute Gasteiger partial charge is 0.0731 e. The second-order valence-electron chi connectivity index (χ2n) is 6.33. The van der Waals surface area contributed by atoms with Crippen LogP contribution in [-0.4, -0.2) is 31.2 Å². The number of benzene rings is 2. The molecule has 3 aromatic rings. The van der Waals surface area contributed by atoms with Gasteiger partial charge in [-0.1, -0.05) is 23.2 Å². The van der Waals surface area contributed by atoms with Gasteiger partial charge in [-0.3, -0.25) is 0 Å². The molecule has 0 bridgehead atoms. The van der Waals surface area contributed by atoms with Crippen molar-refractivity contribution in [1.82, 2.24) is 4.98 Å². The van der Waals surface area contributed by atoms with E-state index >= 15 is 0 Å². The lowest BCUT2D eigenvalue weighted by Crippen LogP contribution is -2.22. The second kappa shape index (κ2) is 9.18. The van der Waals surface area contributed by atoms with Crippen LogP contribution >= 0.6 is 35.6 Å². The molecule has 27 heavy (non-hydrogen) atoms. The highest BCUT2D eigenvalue weighted by Gasteiger charge is 2.13. The number of pyridine rings is 1. The Morgan fingerprint density at radius 3 is 1.37 bits per heavy atom. The minimum Gasteiger partial charge on any atom is -0.371 e. The minimum absolute atomic E-state index is 0. The molecule has 0 spiro atoms. The summed E-state index contributed by atoms with van der Waals surface area (Å²) in [5.74, 6) is 0. The Bertz CT molecular complexity index is 862. The van der Waals surface area contributed by atoms with Crippen LogP contribution in [0.5, 0.6) is 0 Å². The molecule has 146 valence electrons. The van der Waals surface area contributed by atoms with Crippen molar-refractivity contribution in [2.45, 2.75) is 27.7 Å². The molecule has 0 aliphatic carbocycles. The van der Waals surface area contributed by atoms with Crippen LogP contribution < -0.4 is 9.80 Å². The summed E-state index contributed by atoms with van der Waals surface area (Å²) in [6.07, 6.45) is 0. The van der Waals surface area contributed by atoms with Gasteiger partial charge in [-0.15, -0.1) is 12.4 Å². The summed E-state index contributed by atoms with van der Waals surface area (Å²) in [6, 6.07) is 10.3. The topological polar surface area (TPSA) is 19.4 Å². The summed E-state index contributed by atoms with van der Waals surface area (Å²) in [5, 5.41) is 3.58. The summed E-state index contributed by atoms with van der Waals surface area (Å²) >= 11 is 13.1. The molecule has 1 heterocycles. The van der Waals surface area contributed by atoms with Gasteiger partial charge in [0.2, 0.25) is 0 Å². The molecule has 3 nitrogen and oxygen atoms in total. The molecule has 0 radical (unpaired) electrons. The van der Waals surface area contributed by atoms with Crippen molar-refractivity contribution in [2.75, 3.05) is 36.0 Å². The zero-order valence-corrected chi connectivity index (χ0v) is 18.5. The van der Waals surface area contributed by atoms with Crippen molar-refractivity contribution < 1.29 is 0 Å². The number of anilines is 2. The molecular weight excluding hydrogens is 401 g/mol. The molecule has 3 rings (SSSR count). The van der Waals surface area contributed by atoms with Gasteiger partial charge in [-0.05, 0) is 58.0 Å². The van der Waals surface area contributed by atoms with Crippen LogP contribution in [0.1, 0.15) is 27.7 Å². The molecule has 0 amide bonds. The first-order valence-corrected chi connectivity index (χ1v) is 10.0. The third kappa shape index (κ3) is 4.21. The lowest BCUT2D eigenvalue weighted by Gasteiger charge is -2.23. The fourth-order valence-corrected chi connectivity index (χ4v) is 4.05. The quantitative estimate of drug-likeness (QED) is 0.404. The van der Waals surface area contributed by atoms with Crippen LogP contribution in [0.3, 0.4) is 0 Å². The molecule has 0 fully saturated rings. The monoisotopic (exact) mass is 425 g/mol. The van der Waals surface area contributed by atoms with E-state index in [1.54, 1.807) is 0 Å². The van der Waals surface area contributed by atoms with E-state index in [0.29, 0.717) is 0 Å². The Balaban J connectivity index is 0.00000261.